The molecule has 0 aromatic heterocycles. The van der Waals surface area contributed by atoms with Gasteiger partial charge >= 0.3 is 5.97 Å². The highest BCUT2D eigenvalue weighted by Crippen LogP contribution is 2.19. The van der Waals surface area contributed by atoms with Gasteiger partial charge in [-0.1, -0.05) is 0 Å². The van der Waals surface area contributed by atoms with Crippen molar-refractivity contribution in [3.63, 3.8) is 0 Å². The number of halogens is 2. The van der Waals surface area contributed by atoms with E-state index in [0.717, 1.165) is 0 Å². The van der Waals surface area contributed by atoms with Crippen molar-refractivity contribution in [2.24, 2.45) is 0 Å². The van der Waals surface area contributed by atoms with Crippen LogP contribution in [-0.4, -0.2) is 13.1 Å². The lowest BCUT2D eigenvalue weighted by Gasteiger charge is -2.01. The Kier molecular flexibility index (Phi) is 4.30. The summed E-state index contributed by atoms with van der Waals surface area (Å²) in [4.78, 5) is 10.7. The van der Waals surface area contributed by atoms with Crippen molar-refractivity contribution < 1.29 is 13.9 Å². The van der Waals surface area contributed by atoms with E-state index in [4.69, 9.17) is 0 Å². The quantitative estimate of drug-likeness (QED) is 0.680. The third-order valence-corrected chi connectivity index (χ3v) is 2.20. The molecule has 0 fully saturated rings. The number of benzene rings is 1. The van der Waals surface area contributed by atoms with Crippen LogP contribution in [0.3, 0.4) is 0 Å². The van der Waals surface area contributed by atoms with E-state index in [-0.39, 0.29) is 5.82 Å². The first-order chi connectivity index (χ1) is 7.13. The summed E-state index contributed by atoms with van der Waals surface area (Å²) in [6.45, 7) is 0. The first-order valence-corrected chi connectivity index (χ1v) is 4.89. The summed E-state index contributed by atoms with van der Waals surface area (Å²) >= 11 is 3.05. The summed E-state index contributed by atoms with van der Waals surface area (Å²) < 4.78 is 17.6. The van der Waals surface area contributed by atoms with E-state index >= 15 is 0 Å². The van der Waals surface area contributed by atoms with Crippen molar-refractivity contribution in [3.05, 3.63) is 40.8 Å². The number of ether oxygens (including phenoxy) is 1. The molecule has 0 aliphatic heterocycles. The van der Waals surface area contributed by atoms with Crippen molar-refractivity contribution >= 4 is 27.6 Å². The van der Waals surface area contributed by atoms with Crippen LogP contribution in [-0.2, 0) is 9.53 Å². The summed E-state index contributed by atoms with van der Waals surface area (Å²) in [5.41, 5.74) is 0.670. The maximum Gasteiger partial charge on any atom is 0.331 e. The van der Waals surface area contributed by atoms with E-state index in [1.807, 2.05) is 0 Å². The molecule has 0 amide bonds. The fourth-order valence-electron chi connectivity index (χ4n) is 0.860. The fourth-order valence-corrected chi connectivity index (χ4v) is 1.24. The summed E-state index contributed by atoms with van der Waals surface area (Å²) in [6.07, 6.45) is 2.66. The Labute approximate surface area is 95.1 Å². The predicted octanol–water partition coefficient (Wildman–Crippen LogP) is 2.69. The molecule has 0 saturated carbocycles. The van der Waals surface area contributed by atoms with Crippen LogP contribution in [0, 0.1) is 5.82 Å². The first kappa shape index (κ1) is 11.7. The van der Waals surface area contributed by atoms with Crippen LogP contribution in [0.1, 0.15) is 0 Å². The smallest absolute Gasteiger partial charge is 0.331 e. The number of hydrogen-bond acceptors (Lipinski definition) is 3. The molecule has 15 heavy (non-hydrogen) atoms. The highest BCUT2D eigenvalue weighted by atomic mass is 79.9. The Morgan fingerprint density at radius 2 is 2.33 bits per heavy atom. The minimum Gasteiger partial charge on any atom is -0.466 e. The van der Waals surface area contributed by atoms with E-state index < -0.39 is 5.97 Å². The Bertz CT molecular complexity index is 393. The van der Waals surface area contributed by atoms with Crippen molar-refractivity contribution in [1.82, 2.24) is 0 Å². The maximum atomic E-state index is 12.8. The largest absolute Gasteiger partial charge is 0.466 e. The molecular formula is C10H9BrFNO2. The topological polar surface area (TPSA) is 38.3 Å². The normalized spacial score (nSPS) is 10.3. The monoisotopic (exact) mass is 273 g/mol. The van der Waals surface area contributed by atoms with Crippen LogP contribution >= 0.6 is 15.9 Å². The van der Waals surface area contributed by atoms with Crippen LogP contribution in [0.2, 0.25) is 0 Å². The third kappa shape index (κ3) is 3.71. The van der Waals surface area contributed by atoms with Gasteiger partial charge in [-0.3, -0.25) is 0 Å². The SMILES string of the molecule is COC(=O)/C=C/Nc1ccc(F)c(Br)c1. The molecular weight excluding hydrogens is 265 g/mol. The van der Waals surface area contributed by atoms with Gasteiger partial charge in [0.25, 0.3) is 0 Å². The zero-order chi connectivity index (χ0) is 11.3. The number of carbonyl (C=O) groups is 1. The van der Waals surface area contributed by atoms with Crippen LogP contribution in [0.25, 0.3) is 0 Å². The molecule has 0 heterocycles. The molecule has 5 heteroatoms. The molecule has 0 unspecified atom stereocenters. The first-order valence-electron chi connectivity index (χ1n) is 4.09. The predicted molar refractivity (Wildman–Crippen MR) is 58.9 cm³/mol. The molecule has 1 N–H and O–H groups in total. The van der Waals surface area contributed by atoms with Gasteiger partial charge in [0.15, 0.2) is 0 Å². The highest BCUT2D eigenvalue weighted by Gasteiger charge is 1.98. The Morgan fingerprint density at radius 3 is 2.93 bits per heavy atom. The molecule has 0 saturated heterocycles. The molecule has 0 atom stereocenters. The minimum atomic E-state index is -0.455. The van der Waals surface area contributed by atoms with Gasteiger partial charge in [-0.15, -0.1) is 0 Å². The second-order valence-corrected chi connectivity index (χ2v) is 3.48. The molecule has 80 valence electrons. The van der Waals surface area contributed by atoms with Crippen molar-refractivity contribution in [2.45, 2.75) is 0 Å². The zero-order valence-electron chi connectivity index (χ0n) is 7.96. The lowest BCUT2D eigenvalue weighted by atomic mass is 10.3. The summed E-state index contributed by atoms with van der Waals surface area (Å²) in [7, 11) is 1.29. The summed E-state index contributed by atoms with van der Waals surface area (Å²) in [5.74, 6) is -0.791. The lowest BCUT2D eigenvalue weighted by molar-refractivity contribution is -0.134. The number of esters is 1. The van der Waals surface area contributed by atoms with E-state index in [2.05, 4.69) is 26.0 Å². The van der Waals surface area contributed by atoms with E-state index in [1.54, 1.807) is 12.1 Å². The Balaban J connectivity index is 2.62. The van der Waals surface area contributed by atoms with Gasteiger partial charge in [-0.05, 0) is 34.1 Å². The lowest BCUT2D eigenvalue weighted by Crippen LogP contribution is -1.96. The van der Waals surface area contributed by atoms with Crippen LogP contribution in [0.4, 0.5) is 10.1 Å². The fraction of sp³-hybridized carbons (Fsp3) is 0.100. The number of hydrogen-bond donors (Lipinski definition) is 1. The van der Waals surface area contributed by atoms with Crippen LogP contribution in [0.15, 0.2) is 34.9 Å². The maximum absolute atomic E-state index is 12.8. The molecule has 1 aromatic carbocycles. The van der Waals surface area contributed by atoms with Gasteiger partial charge < -0.3 is 10.1 Å². The average Bonchev–Trinajstić information content (AvgIpc) is 2.23. The van der Waals surface area contributed by atoms with E-state index in [1.165, 1.54) is 25.5 Å². The second-order valence-electron chi connectivity index (χ2n) is 2.63. The number of carbonyl (C=O) groups excluding carboxylic acids is 1. The van der Waals surface area contributed by atoms with Crippen molar-refractivity contribution in [2.75, 3.05) is 12.4 Å². The minimum absolute atomic E-state index is 0.336. The van der Waals surface area contributed by atoms with Gasteiger partial charge in [0, 0.05) is 18.0 Å². The standard InChI is InChI=1S/C10H9BrFNO2/c1-15-10(14)4-5-13-7-2-3-9(12)8(11)6-7/h2-6,13H,1H3/b5-4+. The van der Waals surface area contributed by atoms with Gasteiger partial charge in [0.2, 0.25) is 0 Å². The highest BCUT2D eigenvalue weighted by molar-refractivity contribution is 9.10. The van der Waals surface area contributed by atoms with Crippen molar-refractivity contribution in [3.8, 4) is 0 Å². The Morgan fingerprint density at radius 1 is 1.60 bits per heavy atom. The Hall–Kier alpha value is -1.36. The molecule has 3 nitrogen and oxygen atoms in total. The molecule has 1 aromatic rings. The summed E-state index contributed by atoms with van der Waals surface area (Å²) in [6, 6.07) is 4.44. The number of anilines is 1. The average molecular weight is 274 g/mol. The molecule has 0 radical (unpaired) electrons. The summed E-state index contributed by atoms with van der Waals surface area (Å²) in [5, 5.41) is 2.80. The van der Waals surface area contributed by atoms with E-state index in [0.29, 0.717) is 10.2 Å². The van der Waals surface area contributed by atoms with Crippen LogP contribution in [0.5, 0.6) is 0 Å². The van der Waals surface area contributed by atoms with Crippen molar-refractivity contribution in [1.29, 1.82) is 0 Å². The molecule has 0 spiro atoms. The second kappa shape index (κ2) is 5.50. The third-order valence-electron chi connectivity index (χ3n) is 1.59. The number of nitrogens with one attached hydrogen (secondary N) is 1. The van der Waals surface area contributed by atoms with Gasteiger partial charge in [-0.25, -0.2) is 9.18 Å². The van der Waals surface area contributed by atoms with Crippen LogP contribution < -0.4 is 5.32 Å². The molecule has 0 aliphatic carbocycles. The molecule has 0 aliphatic rings. The zero-order valence-corrected chi connectivity index (χ0v) is 9.55. The molecule has 1 rings (SSSR count). The van der Waals surface area contributed by atoms with Gasteiger partial charge in [0.05, 0.1) is 11.6 Å². The number of rotatable bonds is 3. The van der Waals surface area contributed by atoms with E-state index in [9.17, 15) is 9.18 Å². The molecule has 0 bridgehead atoms. The number of methoxy groups -OCH3 is 1. The van der Waals surface area contributed by atoms with Gasteiger partial charge in [-0.2, -0.15) is 0 Å². The van der Waals surface area contributed by atoms with Gasteiger partial charge in [0.1, 0.15) is 5.82 Å².